The molecule has 3 fully saturated rings. The highest BCUT2D eigenvalue weighted by atomic mass is 32.7. The maximum absolute atomic E-state index is 13.6. The number of ether oxygens (including phenoxy) is 1. The molecule has 9 atom stereocenters. The molecule has 2 saturated heterocycles. The molecule has 20 heteroatoms. The fourth-order valence-electron chi connectivity index (χ4n) is 5.97. The molecule has 1 saturated carbocycles. The Kier molecular flexibility index (Phi) is 7.50. The maximum Gasteiger partial charge on any atom is 0.386 e. The molecular weight excluding hydrogens is 622 g/mol. The molecule has 43 heavy (non-hydrogen) atoms. The molecule has 228 valence electrons. The minimum Gasteiger partial charge on any atom is -0.382 e. The molecule has 0 aromatic carbocycles. The van der Waals surface area contributed by atoms with E-state index in [1.165, 1.54) is 19.0 Å². The SMILES string of the molecule is C=C[C@@H]1[C@@H]2O[P@](=O)(S)OC[C@H]3C[C@@H](n4cnc5c(N)ncnc54)[C@@H]3CO[PH](=O)OC[C@H]2O[C@H]1n1cnc2c(N)ncnc21. The smallest absolute Gasteiger partial charge is 0.382 e. The summed E-state index contributed by atoms with van der Waals surface area (Å²) in [5.41, 5.74) is 13.8. The molecule has 4 aromatic rings. The van der Waals surface area contributed by atoms with Crippen LogP contribution in [-0.2, 0) is 32.0 Å². The van der Waals surface area contributed by atoms with E-state index in [0.29, 0.717) is 28.7 Å². The standard InChI is InChI=1S/C23H28N10O7P2S/c1-2-12-18-15(39-23(12)33-10-31-17-20(25)27-8-29-22(17)33)6-37-41(34)36-5-13-11(4-38-42(35,43)40-18)3-14(13)32-9-30-16-19(24)26-7-28-21(16)32/h2,7-15,18,23,41H,1,3-6H2,(H,35,43)(H2,24,26,28)(H2,25,27,29)/t11-,12-,13-,14-,15-,18+,23-,42-/m1/s1. The van der Waals surface area contributed by atoms with Crippen molar-refractivity contribution in [1.82, 2.24) is 39.0 Å². The van der Waals surface area contributed by atoms with Crippen molar-refractivity contribution < 1.29 is 32.0 Å². The van der Waals surface area contributed by atoms with Gasteiger partial charge in [0.25, 0.3) is 0 Å². The summed E-state index contributed by atoms with van der Waals surface area (Å²) in [6, 6.07) is -0.121. The van der Waals surface area contributed by atoms with E-state index in [4.69, 9.17) is 34.3 Å². The fourth-order valence-corrected chi connectivity index (χ4v) is 8.23. The Morgan fingerprint density at radius 1 is 0.977 bits per heavy atom. The van der Waals surface area contributed by atoms with Crippen LogP contribution in [0.15, 0.2) is 38.0 Å². The molecule has 0 bridgehead atoms. The highest BCUT2D eigenvalue weighted by Gasteiger charge is 2.50. The minimum atomic E-state index is -3.93. The summed E-state index contributed by atoms with van der Waals surface area (Å²) in [7, 11) is -2.96. The van der Waals surface area contributed by atoms with Crippen LogP contribution in [0.3, 0.4) is 0 Å². The van der Waals surface area contributed by atoms with Gasteiger partial charge in [0.2, 0.25) is 0 Å². The maximum atomic E-state index is 13.6. The van der Waals surface area contributed by atoms with Gasteiger partial charge in [0.15, 0.2) is 22.9 Å². The molecule has 2 aliphatic heterocycles. The van der Waals surface area contributed by atoms with Crippen molar-refractivity contribution >= 4 is 61.3 Å². The Balaban J connectivity index is 1.13. The van der Waals surface area contributed by atoms with Gasteiger partial charge in [0.05, 0.1) is 38.4 Å². The van der Waals surface area contributed by atoms with Crippen LogP contribution in [0.4, 0.5) is 11.6 Å². The van der Waals surface area contributed by atoms with Crippen molar-refractivity contribution in [3.63, 3.8) is 0 Å². The first kappa shape index (κ1) is 28.8. The van der Waals surface area contributed by atoms with Gasteiger partial charge in [-0.1, -0.05) is 18.3 Å². The van der Waals surface area contributed by atoms with Gasteiger partial charge in [-0.25, -0.2) is 34.5 Å². The quantitative estimate of drug-likeness (QED) is 0.165. The summed E-state index contributed by atoms with van der Waals surface area (Å²) in [6.45, 7) is -0.0434. The summed E-state index contributed by atoms with van der Waals surface area (Å²) in [4.78, 5) is 25.2. The zero-order valence-electron chi connectivity index (χ0n) is 22.4. The topological polar surface area (TPSA) is 220 Å². The van der Waals surface area contributed by atoms with Crippen LogP contribution >= 0.6 is 27.3 Å². The molecule has 7 rings (SSSR count). The number of nitrogen functional groups attached to an aromatic ring is 2. The van der Waals surface area contributed by atoms with Gasteiger partial charge >= 0.3 is 15.1 Å². The third-order valence-electron chi connectivity index (χ3n) is 8.18. The normalized spacial score (nSPS) is 35.3. The highest BCUT2D eigenvalue weighted by molar-refractivity contribution is 8.44. The van der Waals surface area contributed by atoms with Crippen LogP contribution in [-0.4, -0.2) is 71.1 Å². The Bertz CT molecular complexity index is 1770. The van der Waals surface area contributed by atoms with Crippen molar-refractivity contribution in [2.75, 3.05) is 31.3 Å². The Labute approximate surface area is 250 Å². The van der Waals surface area contributed by atoms with Gasteiger partial charge in [-0.05, 0) is 12.3 Å². The highest BCUT2D eigenvalue weighted by Crippen LogP contribution is 2.59. The number of nitrogens with zero attached hydrogens (tertiary/aromatic N) is 8. The molecule has 1 aliphatic carbocycles. The molecule has 0 radical (unpaired) electrons. The van der Waals surface area contributed by atoms with Crippen LogP contribution in [0.1, 0.15) is 18.7 Å². The van der Waals surface area contributed by atoms with E-state index >= 15 is 0 Å². The molecule has 17 nitrogen and oxygen atoms in total. The van der Waals surface area contributed by atoms with Gasteiger partial charge in [-0.15, -0.1) is 6.58 Å². The van der Waals surface area contributed by atoms with E-state index in [-0.39, 0.29) is 49.3 Å². The first-order chi connectivity index (χ1) is 20.7. The lowest BCUT2D eigenvalue weighted by Gasteiger charge is -2.45. The summed E-state index contributed by atoms with van der Waals surface area (Å²) in [6.07, 6.45) is 5.56. The van der Waals surface area contributed by atoms with Gasteiger partial charge in [0.1, 0.15) is 42.1 Å². The number of fused-ring (bicyclic) bond motifs is 4. The number of thiol groups is 1. The number of hydrogen-bond donors (Lipinski definition) is 3. The number of imidazole rings is 2. The van der Waals surface area contributed by atoms with Crippen molar-refractivity contribution in [3.8, 4) is 0 Å². The van der Waals surface area contributed by atoms with Gasteiger partial charge in [0, 0.05) is 12.0 Å². The zero-order valence-corrected chi connectivity index (χ0v) is 25.2. The van der Waals surface area contributed by atoms with Crippen molar-refractivity contribution in [3.05, 3.63) is 38.0 Å². The molecule has 4 aromatic heterocycles. The molecule has 3 aliphatic rings. The third-order valence-corrected chi connectivity index (χ3v) is 10.6. The third kappa shape index (κ3) is 5.15. The van der Waals surface area contributed by atoms with Crippen molar-refractivity contribution in [2.24, 2.45) is 17.8 Å². The van der Waals surface area contributed by atoms with E-state index in [9.17, 15) is 9.13 Å². The van der Waals surface area contributed by atoms with Crippen LogP contribution in [0.5, 0.6) is 0 Å². The largest absolute Gasteiger partial charge is 0.386 e. The van der Waals surface area contributed by atoms with E-state index in [1.54, 1.807) is 17.0 Å². The first-order valence-corrected chi connectivity index (χ1v) is 17.3. The molecular formula is C23H28N10O7P2S. The Morgan fingerprint density at radius 2 is 1.63 bits per heavy atom. The van der Waals surface area contributed by atoms with Gasteiger partial charge < -0.3 is 34.3 Å². The van der Waals surface area contributed by atoms with Gasteiger partial charge in [-0.3, -0.25) is 13.7 Å². The lowest BCUT2D eigenvalue weighted by Crippen LogP contribution is -2.43. The number of aromatic nitrogens is 8. The molecule has 4 N–H and O–H groups in total. The monoisotopic (exact) mass is 650 g/mol. The number of nitrogens with two attached hydrogens (primary N) is 2. The van der Waals surface area contributed by atoms with Crippen LogP contribution in [0.25, 0.3) is 22.3 Å². The van der Waals surface area contributed by atoms with Gasteiger partial charge in [-0.2, -0.15) is 0 Å². The number of rotatable bonds is 3. The number of hydrogen-bond acceptors (Lipinski definition) is 15. The minimum absolute atomic E-state index is 0.0552. The van der Waals surface area contributed by atoms with Crippen molar-refractivity contribution in [1.29, 1.82) is 0 Å². The Hall–Kier alpha value is -2.95. The first-order valence-electron chi connectivity index (χ1n) is 13.3. The lowest BCUT2D eigenvalue weighted by molar-refractivity contribution is -0.0377. The summed E-state index contributed by atoms with van der Waals surface area (Å²) in [5, 5.41) is 0. The second-order valence-electron chi connectivity index (χ2n) is 10.5. The average molecular weight is 651 g/mol. The van der Waals surface area contributed by atoms with E-state index in [0.717, 1.165) is 0 Å². The molecule has 0 amide bonds. The second-order valence-corrected chi connectivity index (χ2v) is 14.4. The van der Waals surface area contributed by atoms with Crippen LogP contribution in [0, 0.1) is 17.8 Å². The molecule has 6 heterocycles. The Morgan fingerprint density at radius 3 is 2.33 bits per heavy atom. The average Bonchev–Trinajstić information content (AvgIpc) is 3.67. The van der Waals surface area contributed by atoms with E-state index in [1.807, 2.05) is 4.57 Å². The summed E-state index contributed by atoms with van der Waals surface area (Å²) < 4.78 is 59.5. The lowest BCUT2D eigenvalue weighted by atomic mass is 9.70. The van der Waals surface area contributed by atoms with Crippen LogP contribution < -0.4 is 11.5 Å². The fraction of sp³-hybridized carbons (Fsp3) is 0.478. The second kappa shape index (κ2) is 11.2. The summed E-state index contributed by atoms with van der Waals surface area (Å²) in [5.74, 6) is -0.414. The molecule has 1 unspecified atom stereocenters. The molecule has 0 spiro atoms. The van der Waals surface area contributed by atoms with Crippen molar-refractivity contribution in [2.45, 2.75) is 30.9 Å². The van der Waals surface area contributed by atoms with E-state index in [2.05, 4.69) is 48.7 Å². The van der Waals surface area contributed by atoms with Crippen LogP contribution in [0.2, 0.25) is 0 Å². The summed E-state index contributed by atoms with van der Waals surface area (Å²) >= 11 is 4.29. The zero-order chi connectivity index (χ0) is 29.9. The number of anilines is 2. The predicted octanol–water partition coefficient (Wildman–Crippen LogP) is 2.58. The van der Waals surface area contributed by atoms with E-state index < -0.39 is 39.4 Å². The predicted molar refractivity (Wildman–Crippen MR) is 156 cm³/mol.